The Hall–Kier alpha value is -2.94. The molecule has 3 aromatic rings. The van der Waals surface area contributed by atoms with Crippen LogP contribution in [0.4, 0.5) is 11.4 Å². The van der Waals surface area contributed by atoms with E-state index in [9.17, 15) is 4.79 Å². The van der Waals surface area contributed by atoms with Crippen molar-refractivity contribution in [1.29, 1.82) is 0 Å². The summed E-state index contributed by atoms with van der Waals surface area (Å²) in [7, 11) is 2.19. The molecule has 2 aliphatic heterocycles. The lowest BCUT2D eigenvalue weighted by molar-refractivity contribution is 0.111. The van der Waals surface area contributed by atoms with Crippen LogP contribution in [0.5, 0.6) is 0 Å². The zero-order valence-electron chi connectivity index (χ0n) is 23.5. The Balaban J connectivity index is 1.50. The normalized spacial score (nSPS) is 20.9. The summed E-state index contributed by atoms with van der Waals surface area (Å²) in [6.45, 7) is 9.11. The number of fused-ring (bicyclic) bond motifs is 2. The van der Waals surface area contributed by atoms with E-state index in [0.717, 1.165) is 87.3 Å². The lowest BCUT2D eigenvalue weighted by Gasteiger charge is -2.29. The number of anilines is 2. The molecule has 6 bridgehead atoms. The first-order valence-corrected chi connectivity index (χ1v) is 14.6. The predicted octanol–water partition coefficient (Wildman–Crippen LogP) is 4.82. The van der Waals surface area contributed by atoms with Crippen molar-refractivity contribution in [2.45, 2.75) is 58.2 Å². The van der Waals surface area contributed by atoms with Crippen molar-refractivity contribution in [3.63, 3.8) is 0 Å². The molecule has 0 amide bonds. The summed E-state index contributed by atoms with van der Waals surface area (Å²) >= 11 is 0. The minimum absolute atomic E-state index is 0.0490. The van der Waals surface area contributed by atoms with Crippen molar-refractivity contribution in [1.82, 2.24) is 14.5 Å². The van der Waals surface area contributed by atoms with Crippen LogP contribution in [0.15, 0.2) is 47.4 Å². The van der Waals surface area contributed by atoms with Gasteiger partial charge >= 0.3 is 0 Å². The number of benzene rings is 1. The lowest BCUT2D eigenvalue weighted by atomic mass is 10.0. The van der Waals surface area contributed by atoms with Gasteiger partial charge in [-0.25, -0.2) is 4.98 Å². The van der Waals surface area contributed by atoms with Crippen LogP contribution in [0, 0.1) is 0 Å². The van der Waals surface area contributed by atoms with Crippen molar-refractivity contribution in [2.75, 3.05) is 63.3 Å². The second kappa shape index (κ2) is 13.4. The van der Waals surface area contributed by atoms with E-state index in [4.69, 9.17) is 14.5 Å². The van der Waals surface area contributed by atoms with E-state index in [1.54, 1.807) is 0 Å². The third-order valence-electron chi connectivity index (χ3n) is 7.91. The smallest absolute Gasteiger partial charge is 0.275 e. The number of ether oxygens (including phenoxy) is 2. The quantitative estimate of drug-likeness (QED) is 0.481. The molecule has 5 rings (SSSR count). The van der Waals surface area contributed by atoms with Crippen molar-refractivity contribution in [2.24, 2.45) is 0 Å². The monoisotopic (exact) mass is 533 g/mol. The number of aromatic nitrogens is 2. The average molecular weight is 534 g/mol. The largest absolute Gasteiger partial charge is 0.378 e. The highest BCUT2D eigenvalue weighted by atomic mass is 16.5. The number of nitrogens with zero attached hydrogens (tertiary/aromatic N) is 4. The summed E-state index contributed by atoms with van der Waals surface area (Å²) < 4.78 is 13.5. The van der Waals surface area contributed by atoms with Gasteiger partial charge in [-0.15, -0.1) is 0 Å². The molecular weight excluding hydrogens is 490 g/mol. The first-order valence-electron chi connectivity index (χ1n) is 14.6. The second-order valence-electron chi connectivity index (χ2n) is 10.9. The van der Waals surface area contributed by atoms with E-state index in [-0.39, 0.29) is 11.6 Å². The fraction of sp³-hybridized carbons (Fsp3) is 0.548. The Morgan fingerprint density at radius 2 is 1.69 bits per heavy atom. The van der Waals surface area contributed by atoms with Crippen LogP contribution in [0.25, 0.3) is 11.0 Å². The van der Waals surface area contributed by atoms with Crippen LogP contribution in [0.1, 0.15) is 56.2 Å². The Morgan fingerprint density at radius 3 is 2.54 bits per heavy atom. The van der Waals surface area contributed by atoms with Crippen LogP contribution in [0.3, 0.4) is 0 Å². The van der Waals surface area contributed by atoms with Crippen LogP contribution in [-0.2, 0) is 22.6 Å². The molecule has 1 saturated heterocycles. The summed E-state index contributed by atoms with van der Waals surface area (Å²) in [5, 5.41) is 4.71. The topological polar surface area (TPSA) is 71.9 Å². The van der Waals surface area contributed by atoms with Gasteiger partial charge in [0.2, 0.25) is 0 Å². The molecule has 2 aromatic heterocycles. The molecular formula is C31H43N5O3. The molecule has 4 heterocycles. The van der Waals surface area contributed by atoms with Gasteiger partial charge in [0.25, 0.3) is 5.56 Å². The number of pyridine rings is 2. The third-order valence-corrected chi connectivity index (χ3v) is 7.91. The number of hydrogen-bond donors (Lipinski definition) is 1. The lowest BCUT2D eigenvalue weighted by Crippen LogP contribution is -2.40. The molecule has 0 saturated carbocycles. The molecule has 1 atom stereocenters. The van der Waals surface area contributed by atoms with Crippen LogP contribution in [-0.4, -0.2) is 67.5 Å². The van der Waals surface area contributed by atoms with Crippen molar-refractivity contribution >= 4 is 22.4 Å². The molecule has 8 nitrogen and oxygen atoms in total. The maximum atomic E-state index is 13.8. The summed E-state index contributed by atoms with van der Waals surface area (Å²) in [5.74, 6) is 0. The van der Waals surface area contributed by atoms with Gasteiger partial charge in [0, 0.05) is 56.1 Å². The molecule has 1 unspecified atom stereocenters. The highest BCUT2D eigenvalue weighted by Crippen LogP contribution is 2.29. The minimum atomic E-state index is 0.0490. The third kappa shape index (κ3) is 6.99. The summed E-state index contributed by atoms with van der Waals surface area (Å²) in [5.41, 5.74) is 4.92. The average Bonchev–Trinajstić information content (AvgIpc) is 2.95. The fourth-order valence-corrected chi connectivity index (χ4v) is 5.63. The van der Waals surface area contributed by atoms with Crippen LogP contribution in [0.2, 0.25) is 0 Å². The van der Waals surface area contributed by atoms with Crippen molar-refractivity contribution < 1.29 is 9.47 Å². The van der Waals surface area contributed by atoms with E-state index in [1.165, 1.54) is 11.1 Å². The maximum Gasteiger partial charge on any atom is 0.275 e. The first kappa shape index (κ1) is 27.6. The zero-order chi connectivity index (χ0) is 27.0. The molecule has 1 aromatic carbocycles. The molecule has 0 spiro atoms. The summed E-state index contributed by atoms with van der Waals surface area (Å²) in [6, 6.07) is 12.8. The van der Waals surface area contributed by atoms with E-state index >= 15 is 0 Å². The first-order chi connectivity index (χ1) is 19.1. The highest BCUT2D eigenvalue weighted by molar-refractivity contribution is 5.91. The van der Waals surface area contributed by atoms with Gasteiger partial charge in [-0.3, -0.25) is 9.36 Å². The molecule has 1 fully saturated rings. The molecule has 1 N–H and O–H groups in total. The van der Waals surface area contributed by atoms with Gasteiger partial charge in [0.15, 0.2) is 0 Å². The Labute approximate surface area is 231 Å². The van der Waals surface area contributed by atoms with Gasteiger partial charge in [-0.2, -0.15) is 0 Å². The van der Waals surface area contributed by atoms with E-state index in [2.05, 4.69) is 53.4 Å². The van der Waals surface area contributed by atoms with E-state index < -0.39 is 0 Å². The van der Waals surface area contributed by atoms with Crippen molar-refractivity contribution in [3.05, 3.63) is 64.1 Å². The highest BCUT2D eigenvalue weighted by Gasteiger charge is 2.20. The molecule has 210 valence electrons. The SMILES string of the molecule is CC1Nc2ccnc3c2cc(N2CCOCC2)c(=O)n3CCCCCCN(C)CCCOCc2cccc1c2. The number of nitrogens with one attached hydrogen (secondary N) is 1. The summed E-state index contributed by atoms with van der Waals surface area (Å²) in [4.78, 5) is 23.1. The second-order valence-corrected chi connectivity index (χ2v) is 10.9. The summed E-state index contributed by atoms with van der Waals surface area (Å²) in [6.07, 6.45) is 7.23. The van der Waals surface area contributed by atoms with Gasteiger partial charge < -0.3 is 24.6 Å². The Morgan fingerprint density at radius 1 is 0.897 bits per heavy atom. The standard InChI is InChI=1S/C31H43N5O3/c1-24-26-10-7-9-25(21-26)23-39-18-8-14-34(2)13-5-3-4-6-15-36-30-27(28(33-24)11-12-32-30)22-29(31(36)37)35-16-19-38-20-17-35/h7,9-12,21-22,24,33H,3-6,8,13-20,23H2,1-2H3. The fourth-order valence-electron chi connectivity index (χ4n) is 5.63. The van der Waals surface area contributed by atoms with E-state index in [1.807, 2.05) is 22.9 Å². The van der Waals surface area contributed by atoms with Crippen molar-refractivity contribution in [3.8, 4) is 0 Å². The minimum Gasteiger partial charge on any atom is -0.378 e. The molecule has 0 aliphatic carbocycles. The number of rotatable bonds is 1. The Bertz CT molecular complexity index is 1290. The number of morpholine rings is 1. The molecule has 39 heavy (non-hydrogen) atoms. The van der Waals surface area contributed by atoms with Gasteiger partial charge in [0.1, 0.15) is 11.3 Å². The van der Waals surface area contributed by atoms with E-state index in [0.29, 0.717) is 26.4 Å². The molecule has 0 radical (unpaired) electrons. The number of hydrogen-bond acceptors (Lipinski definition) is 7. The predicted molar refractivity (Wildman–Crippen MR) is 158 cm³/mol. The van der Waals surface area contributed by atoms with Gasteiger partial charge in [0.05, 0.1) is 19.8 Å². The van der Waals surface area contributed by atoms with Crippen LogP contribution >= 0.6 is 0 Å². The number of aryl methyl sites for hydroxylation is 1. The maximum absolute atomic E-state index is 13.8. The zero-order valence-corrected chi connectivity index (χ0v) is 23.5. The van der Waals surface area contributed by atoms with Gasteiger partial charge in [-0.1, -0.05) is 37.1 Å². The van der Waals surface area contributed by atoms with Crippen LogP contribution < -0.4 is 15.8 Å². The molecule has 8 heteroatoms. The molecule has 2 aliphatic rings. The Kier molecular flexibility index (Phi) is 9.50. The van der Waals surface area contributed by atoms with Gasteiger partial charge in [-0.05, 0) is 63.0 Å².